The van der Waals surface area contributed by atoms with Gasteiger partial charge in [-0.2, -0.15) is 0 Å². The number of halogens is 2. The zero-order chi connectivity index (χ0) is 13.4. The van der Waals surface area contributed by atoms with Crippen molar-refractivity contribution in [3.63, 3.8) is 0 Å². The molecule has 0 aromatic carbocycles. The number of nitrogens with zero attached hydrogens (tertiary/aromatic N) is 1. The average Bonchev–Trinajstić information content (AvgIpc) is 2.72. The van der Waals surface area contributed by atoms with E-state index >= 15 is 0 Å². The van der Waals surface area contributed by atoms with Crippen LogP contribution in [0.4, 0.5) is 8.78 Å². The maximum Gasteiger partial charge on any atom is 0.261 e. The first-order chi connectivity index (χ1) is 8.61. The van der Waals surface area contributed by atoms with Gasteiger partial charge in [0.05, 0.1) is 17.3 Å². The predicted octanol–water partition coefficient (Wildman–Crippen LogP) is 2.64. The third-order valence-corrected chi connectivity index (χ3v) is 3.39. The normalized spacial score (nSPS) is 13.2. The second kappa shape index (κ2) is 8.50. The molecule has 0 amide bonds. The van der Waals surface area contributed by atoms with Crippen LogP contribution in [-0.2, 0) is 17.6 Å². The minimum atomic E-state index is -2.40. The third kappa shape index (κ3) is 6.37. The van der Waals surface area contributed by atoms with Gasteiger partial charge in [0.1, 0.15) is 6.61 Å². The molecule has 0 saturated heterocycles. The zero-order valence-corrected chi connectivity index (χ0v) is 11.4. The van der Waals surface area contributed by atoms with Crippen LogP contribution in [0.5, 0.6) is 0 Å². The molecular formula is C12H20F2N2OS. The summed E-state index contributed by atoms with van der Waals surface area (Å²) in [7, 11) is 0. The molecule has 0 bridgehead atoms. The fourth-order valence-corrected chi connectivity index (χ4v) is 2.42. The molecule has 1 aromatic rings. The second-order valence-electron chi connectivity index (χ2n) is 4.20. The molecule has 0 radical (unpaired) electrons. The molecule has 18 heavy (non-hydrogen) atoms. The summed E-state index contributed by atoms with van der Waals surface area (Å²) in [5.74, 6) is 0. The highest BCUT2D eigenvalue weighted by atomic mass is 32.1. The van der Waals surface area contributed by atoms with E-state index in [4.69, 9.17) is 10.5 Å². The Hall–Kier alpha value is -0.590. The van der Waals surface area contributed by atoms with E-state index in [9.17, 15) is 8.78 Å². The lowest BCUT2D eigenvalue weighted by molar-refractivity contribution is 0.0187. The van der Waals surface area contributed by atoms with E-state index in [1.165, 1.54) is 11.3 Å². The Morgan fingerprint density at radius 3 is 2.94 bits per heavy atom. The highest BCUT2D eigenvalue weighted by molar-refractivity contribution is 7.09. The molecule has 0 saturated carbocycles. The Labute approximate surface area is 110 Å². The van der Waals surface area contributed by atoms with Crippen molar-refractivity contribution in [3.05, 3.63) is 16.1 Å². The molecule has 3 nitrogen and oxygen atoms in total. The maximum absolute atomic E-state index is 11.8. The molecule has 0 aliphatic carbocycles. The quantitative estimate of drug-likeness (QED) is 0.706. The summed E-state index contributed by atoms with van der Waals surface area (Å²) in [4.78, 5) is 4.42. The van der Waals surface area contributed by atoms with Gasteiger partial charge in [0.2, 0.25) is 0 Å². The zero-order valence-electron chi connectivity index (χ0n) is 10.6. The number of alkyl halides is 2. The molecular weight excluding hydrogens is 258 g/mol. The Morgan fingerprint density at radius 2 is 2.28 bits per heavy atom. The lowest BCUT2D eigenvalue weighted by Crippen LogP contribution is -2.22. The van der Waals surface area contributed by atoms with Gasteiger partial charge < -0.3 is 10.5 Å². The summed E-state index contributed by atoms with van der Waals surface area (Å²) in [6.07, 6.45) is 1.02. The van der Waals surface area contributed by atoms with Crippen LogP contribution in [0.25, 0.3) is 0 Å². The van der Waals surface area contributed by atoms with Gasteiger partial charge in [-0.3, -0.25) is 0 Å². The average molecular weight is 278 g/mol. The number of thiazole rings is 1. The molecule has 2 N–H and O–H groups in total. The summed E-state index contributed by atoms with van der Waals surface area (Å²) < 4.78 is 28.5. The van der Waals surface area contributed by atoms with Gasteiger partial charge in [-0.15, -0.1) is 11.3 Å². The molecule has 1 heterocycles. The fourth-order valence-electron chi connectivity index (χ4n) is 1.63. The van der Waals surface area contributed by atoms with E-state index in [1.54, 1.807) is 0 Å². The monoisotopic (exact) mass is 278 g/mol. The summed E-state index contributed by atoms with van der Waals surface area (Å²) in [5, 5.41) is 2.90. The predicted molar refractivity (Wildman–Crippen MR) is 69.2 cm³/mol. The van der Waals surface area contributed by atoms with Gasteiger partial charge in [-0.25, -0.2) is 13.8 Å². The molecule has 0 spiro atoms. The number of aromatic nitrogens is 1. The Morgan fingerprint density at radius 1 is 1.50 bits per heavy atom. The standard InChI is InChI=1S/C12H20F2N2OS/c1-2-3-9(15)6-10-8-18-12(16-10)4-5-17-7-11(13)14/h8-9,11H,2-7,15H2,1H3. The number of hydrogen-bond acceptors (Lipinski definition) is 4. The van der Waals surface area contributed by atoms with E-state index in [1.807, 2.05) is 5.38 Å². The highest BCUT2D eigenvalue weighted by Gasteiger charge is 2.08. The lowest BCUT2D eigenvalue weighted by atomic mass is 10.1. The van der Waals surface area contributed by atoms with Gasteiger partial charge in [-0.05, 0) is 6.42 Å². The summed E-state index contributed by atoms with van der Waals surface area (Å²) in [5.41, 5.74) is 6.93. The molecule has 1 unspecified atom stereocenters. The van der Waals surface area contributed by atoms with Crippen LogP contribution in [0.2, 0.25) is 0 Å². The largest absolute Gasteiger partial charge is 0.375 e. The van der Waals surface area contributed by atoms with Gasteiger partial charge in [-0.1, -0.05) is 13.3 Å². The molecule has 0 fully saturated rings. The van der Waals surface area contributed by atoms with Crippen molar-refractivity contribution >= 4 is 11.3 Å². The lowest BCUT2D eigenvalue weighted by Gasteiger charge is -2.07. The molecule has 104 valence electrons. The maximum atomic E-state index is 11.8. The Kier molecular flexibility index (Phi) is 7.31. The van der Waals surface area contributed by atoms with E-state index < -0.39 is 13.0 Å². The molecule has 0 aliphatic rings. The van der Waals surface area contributed by atoms with Crippen LogP contribution in [-0.4, -0.2) is 30.7 Å². The number of rotatable bonds is 9. The summed E-state index contributed by atoms with van der Waals surface area (Å²) in [6, 6.07) is 0.153. The fraction of sp³-hybridized carbons (Fsp3) is 0.750. The molecule has 1 atom stereocenters. The first-order valence-electron chi connectivity index (χ1n) is 6.16. The highest BCUT2D eigenvalue weighted by Crippen LogP contribution is 2.13. The van der Waals surface area contributed by atoms with E-state index in [0.29, 0.717) is 6.42 Å². The first-order valence-corrected chi connectivity index (χ1v) is 7.04. The van der Waals surface area contributed by atoms with Crippen LogP contribution < -0.4 is 5.73 Å². The van der Waals surface area contributed by atoms with Gasteiger partial charge in [0.25, 0.3) is 6.43 Å². The number of hydrogen-bond donors (Lipinski definition) is 1. The van der Waals surface area contributed by atoms with Crippen LogP contribution in [0.3, 0.4) is 0 Å². The summed E-state index contributed by atoms with van der Waals surface area (Å²) in [6.45, 7) is 1.89. The smallest absolute Gasteiger partial charge is 0.261 e. The van der Waals surface area contributed by atoms with Crippen molar-refractivity contribution < 1.29 is 13.5 Å². The van der Waals surface area contributed by atoms with Crippen molar-refractivity contribution in [2.24, 2.45) is 5.73 Å². The Bertz CT molecular complexity index is 334. The van der Waals surface area contributed by atoms with Crippen molar-refractivity contribution in [3.8, 4) is 0 Å². The Balaban J connectivity index is 2.25. The van der Waals surface area contributed by atoms with Crippen molar-refractivity contribution in [1.29, 1.82) is 0 Å². The topological polar surface area (TPSA) is 48.1 Å². The van der Waals surface area contributed by atoms with Gasteiger partial charge in [0, 0.05) is 24.3 Å². The van der Waals surface area contributed by atoms with Crippen molar-refractivity contribution in [2.45, 2.75) is 45.1 Å². The summed E-state index contributed by atoms with van der Waals surface area (Å²) >= 11 is 1.53. The van der Waals surface area contributed by atoms with E-state index in [-0.39, 0.29) is 12.6 Å². The number of ether oxygens (including phenoxy) is 1. The van der Waals surface area contributed by atoms with Crippen LogP contribution in [0.15, 0.2) is 5.38 Å². The second-order valence-corrected chi connectivity index (χ2v) is 5.14. The minimum absolute atomic E-state index is 0.153. The minimum Gasteiger partial charge on any atom is -0.375 e. The van der Waals surface area contributed by atoms with E-state index in [0.717, 1.165) is 30.0 Å². The van der Waals surface area contributed by atoms with Crippen LogP contribution in [0.1, 0.15) is 30.5 Å². The molecule has 1 rings (SSSR count). The van der Waals surface area contributed by atoms with Gasteiger partial charge >= 0.3 is 0 Å². The molecule has 1 aromatic heterocycles. The first kappa shape index (κ1) is 15.5. The van der Waals surface area contributed by atoms with Crippen LogP contribution >= 0.6 is 11.3 Å². The van der Waals surface area contributed by atoms with Crippen molar-refractivity contribution in [2.75, 3.05) is 13.2 Å². The molecule has 0 aliphatic heterocycles. The molecule has 6 heteroatoms. The SMILES string of the molecule is CCCC(N)Cc1csc(CCOCC(F)F)n1. The number of nitrogens with two attached hydrogens (primary N) is 1. The third-order valence-electron chi connectivity index (χ3n) is 2.43. The van der Waals surface area contributed by atoms with Crippen LogP contribution in [0, 0.1) is 0 Å². The van der Waals surface area contributed by atoms with Gasteiger partial charge in [0.15, 0.2) is 0 Å². The van der Waals surface area contributed by atoms with Crippen molar-refractivity contribution in [1.82, 2.24) is 4.98 Å². The van der Waals surface area contributed by atoms with E-state index in [2.05, 4.69) is 11.9 Å².